The first-order valence-electron chi connectivity index (χ1n) is 11.3. The van der Waals surface area contributed by atoms with E-state index in [1.165, 1.54) is 6.21 Å². The Morgan fingerprint density at radius 2 is 1.46 bits per heavy atom. The van der Waals surface area contributed by atoms with Crippen molar-refractivity contribution in [3.8, 4) is 5.75 Å². The van der Waals surface area contributed by atoms with Gasteiger partial charge in [0.15, 0.2) is 0 Å². The lowest BCUT2D eigenvalue weighted by atomic mass is 10.1. The van der Waals surface area contributed by atoms with E-state index in [4.69, 9.17) is 4.74 Å². The Morgan fingerprint density at radius 3 is 2.19 bits per heavy atom. The number of esters is 1. The second kappa shape index (κ2) is 11.9. The highest BCUT2D eigenvalue weighted by Crippen LogP contribution is 2.18. The molecule has 0 aliphatic rings. The lowest BCUT2D eigenvalue weighted by molar-refractivity contribution is 0.0733. The molecule has 4 aromatic rings. The molecule has 184 valence electrons. The molecule has 0 radical (unpaired) electrons. The molecule has 0 fully saturated rings. The zero-order valence-electron chi connectivity index (χ0n) is 19.8. The van der Waals surface area contributed by atoms with Gasteiger partial charge in [0.1, 0.15) is 5.75 Å². The lowest BCUT2D eigenvalue weighted by Gasteiger charge is -2.08. The van der Waals surface area contributed by atoms with Crippen LogP contribution in [0.1, 0.15) is 42.2 Å². The van der Waals surface area contributed by atoms with E-state index in [9.17, 15) is 14.4 Å². The van der Waals surface area contributed by atoms with E-state index in [-0.39, 0.29) is 5.91 Å². The van der Waals surface area contributed by atoms with Crippen molar-refractivity contribution in [2.24, 2.45) is 5.10 Å². The van der Waals surface area contributed by atoms with Crippen LogP contribution in [0.2, 0.25) is 0 Å². The maximum Gasteiger partial charge on any atom is 0.343 e. The lowest BCUT2D eigenvalue weighted by Crippen LogP contribution is -2.18. The molecule has 0 saturated heterocycles. The molecule has 0 aliphatic heterocycles. The fourth-order valence-corrected chi connectivity index (χ4v) is 3.61. The number of ether oxygens (including phenoxy) is 1. The highest BCUT2D eigenvalue weighted by Gasteiger charge is 2.12. The average molecular weight is 556 g/mol. The van der Waals surface area contributed by atoms with Crippen LogP contribution >= 0.6 is 15.9 Å². The minimum atomic E-state index is -0.485. The zero-order valence-corrected chi connectivity index (χ0v) is 21.4. The number of carbonyl (C=O) groups excluding carboxylic acids is 3. The molecule has 37 heavy (non-hydrogen) atoms. The molecule has 0 aromatic heterocycles. The third kappa shape index (κ3) is 6.99. The molecule has 0 spiro atoms. The number of nitrogens with zero attached hydrogens (tertiary/aromatic N) is 1. The van der Waals surface area contributed by atoms with Crippen molar-refractivity contribution in [1.82, 2.24) is 5.43 Å². The number of hydrazone groups is 1. The smallest absolute Gasteiger partial charge is 0.343 e. The van der Waals surface area contributed by atoms with Gasteiger partial charge in [-0.15, -0.1) is 0 Å². The molecule has 2 amide bonds. The van der Waals surface area contributed by atoms with Crippen LogP contribution in [0.15, 0.2) is 107 Å². The predicted molar refractivity (Wildman–Crippen MR) is 146 cm³/mol. The third-order valence-electron chi connectivity index (χ3n) is 5.26. The van der Waals surface area contributed by atoms with Gasteiger partial charge >= 0.3 is 5.97 Å². The maximum absolute atomic E-state index is 12.5. The summed E-state index contributed by atoms with van der Waals surface area (Å²) in [5.41, 5.74) is 5.80. The third-order valence-corrected chi connectivity index (χ3v) is 5.79. The van der Waals surface area contributed by atoms with Crippen molar-refractivity contribution in [2.45, 2.75) is 6.92 Å². The Labute approximate surface area is 222 Å². The number of rotatable bonds is 7. The molecule has 0 aliphatic carbocycles. The van der Waals surface area contributed by atoms with Gasteiger partial charge in [-0.1, -0.05) is 45.8 Å². The largest absolute Gasteiger partial charge is 0.422 e. The van der Waals surface area contributed by atoms with Crippen LogP contribution in [0.25, 0.3) is 0 Å². The summed E-state index contributed by atoms with van der Waals surface area (Å²) in [4.78, 5) is 37.4. The van der Waals surface area contributed by atoms with Gasteiger partial charge < -0.3 is 10.1 Å². The molecule has 0 unspecified atom stereocenters. The first-order valence-corrected chi connectivity index (χ1v) is 12.1. The molecule has 0 atom stereocenters. The van der Waals surface area contributed by atoms with Crippen LogP contribution in [0, 0.1) is 6.92 Å². The molecular weight excluding hydrogens is 534 g/mol. The van der Waals surface area contributed by atoms with Crippen LogP contribution in [0.5, 0.6) is 5.75 Å². The molecule has 0 bridgehead atoms. The Morgan fingerprint density at radius 1 is 0.784 bits per heavy atom. The first kappa shape index (κ1) is 25.5. The minimum absolute atomic E-state index is 0.254. The maximum atomic E-state index is 12.5. The number of halogens is 1. The van der Waals surface area contributed by atoms with E-state index in [1.807, 2.05) is 13.0 Å². The summed E-state index contributed by atoms with van der Waals surface area (Å²) in [6, 6.07) is 27.4. The van der Waals surface area contributed by atoms with Gasteiger partial charge in [-0.25, -0.2) is 10.2 Å². The SMILES string of the molecule is Cc1cccc(C(=O)Oc2ccccc2/C=N\NC(=O)c2ccc(NC(=O)c3ccc(Br)cc3)cc2)c1. The van der Waals surface area contributed by atoms with Crippen molar-refractivity contribution in [3.63, 3.8) is 0 Å². The Hall–Kier alpha value is -4.56. The highest BCUT2D eigenvalue weighted by molar-refractivity contribution is 9.10. The summed E-state index contributed by atoms with van der Waals surface area (Å²) in [5.74, 6) is -0.855. The van der Waals surface area contributed by atoms with E-state index < -0.39 is 11.9 Å². The highest BCUT2D eigenvalue weighted by atomic mass is 79.9. The van der Waals surface area contributed by atoms with Crippen molar-refractivity contribution in [1.29, 1.82) is 0 Å². The first-order chi connectivity index (χ1) is 17.9. The number of aryl methyl sites for hydroxylation is 1. The summed E-state index contributed by atoms with van der Waals surface area (Å²) >= 11 is 3.34. The predicted octanol–water partition coefficient (Wildman–Crippen LogP) is 5.99. The fraction of sp³-hybridized carbons (Fsp3) is 0.0345. The molecule has 7 nitrogen and oxygen atoms in total. The summed E-state index contributed by atoms with van der Waals surface area (Å²) in [7, 11) is 0. The van der Waals surface area contributed by atoms with Crippen LogP contribution in [0.3, 0.4) is 0 Å². The average Bonchev–Trinajstić information content (AvgIpc) is 2.90. The van der Waals surface area contributed by atoms with E-state index in [2.05, 4.69) is 31.8 Å². The molecule has 4 rings (SSSR count). The van der Waals surface area contributed by atoms with Crippen LogP contribution < -0.4 is 15.5 Å². The normalized spacial score (nSPS) is 10.6. The molecule has 4 aromatic carbocycles. The Balaban J connectivity index is 1.36. The Bertz CT molecular complexity index is 1470. The molecule has 8 heteroatoms. The molecule has 2 N–H and O–H groups in total. The van der Waals surface area contributed by atoms with E-state index in [0.717, 1.165) is 10.0 Å². The summed E-state index contributed by atoms with van der Waals surface area (Å²) in [6.07, 6.45) is 1.41. The number of amides is 2. The fourth-order valence-electron chi connectivity index (χ4n) is 3.35. The molecule has 0 heterocycles. The number of benzene rings is 4. The van der Waals surface area contributed by atoms with Crippen LogP contribution in [-0.2, 0) is 0 Å². The van der Waals surface area contributed by atoms with Crippen molar-refractivity contribution in [3.05, 3.63) is 129 Å². The van der Waals surface area contributed by atoms with Gasteiger partial charge in [-0.05, 0) is 79.7 Å². The second-order valence-electron chi connectivity index (χ2n) is 8.03. The number of carbonyl (C=O) groups is 3. The number of anilines is 1. The number of hydrogen-bond donors (Lipinski definition) is 2. The van der Waals surface area contributed by atoms with Gasteiger partial charge in [-0.2, -0.15) is 5.10 Å². The van der Waals surface area contributed by atoms with E-state index in [1.54, 1.807) is 91.0 Å². The summed E-state index contributed by atoms with van der Waals surface area (Å²) in [5, 5.41) is 6.79. The topological polar surface area (TPSA) is 96.9 Å². The van der Waals surface area contributed by atoms with Gasteiger partial charge in [0.25, 0.3) is 11.8 Å². The van der Waals surface area contributed by atoms with E-state index >= 15 is 0 Å². The van der Waals surface area contributed by atoms with Gasteiger partial charge in [0, 0.05) is 26.9 Å². The number of para-hydroxylation sites is 1. The standard InChI is InChI=1S/C29H22BrN3O4/c1-19-5-4-7-22(17-19)29(36)37-26-8-3-2-6-23(26)18-31-33-28(35)21-11-15-25(16-12-21)32-27(34)20-9-13-24(30)14-10-20/h2-18H,1H3,(H,32,34)(H,33,35)/b31-18-. The Kier molecular flexibility index (Phi) is 8.22. The van der Waals surface area contributed by atoms with Crippen molar-refractivity contribution >= 4 is 45.6 Å². The second-order valence-corrected chi connectivity index (χ2v) is 8.95. The quantitative estimate of drug-likeness (QED) is 0.126. The van der Waals surface area contributed by atoms with E-state index in [0.29, 0.717) is 33.7 Å². The summed E-state index contributed by atoms with van der Waals surface area (Å²) < 4.78 is 6.41. The monoisotopic (exact) mass is 555 g/mol. The number of nitrogens with one attached hydrogen (secondary N) is 2. The molecular formula is C29H22BrN3O4. The van der Waals surface area contributed by atoms with Gasteiger partial charge in [0.2, 0.25) is 0 Å². The van der Waals surface area contributed by atoms with Crippen molar-refractivity contribution in [2.75, 3.05) is 5.32 Å². The zero-order chi connectivity index (χ0) is 26.2. The van der Waals surface area contributed by atoms with Crippen LogP contribution in [-0.4, -0.2) is 24.0 Å². The summed E-state index contributed by atoms with van der Waals surface area (Å²) in [6.45, 7) is 1.90. The molecule has 0 saturated carbocycles. The van der Waals surface area contributed by atoms with Gasteiger partial charge in [0.05, 0.1) is 11.8 Å². The minimum Gasteiger partial charge on any atom is -0.422 e. The van der Waals surface area contributed by atoms with Crippen molar-refractivity contribution < 1.29 is 19.1 Å². The van der Waals surface area contributed by atoms with Gasteiger partial charge in [-0.3, -0.25) is 9.59 Å². The van der Waals surface area contributed by atoms with Crippen LogP contribution in [0.4, 0.5) is 5.69 Å². The number of hydrogen-bond acceptors (Lipinski definition) is 5.